The molecule has 92 valence electrons. The van der Waals surface area contributed by atoms with Crippen molar-refractivity contribution in [3.05, 3.63) is 0 Å². The maximum atomic E-state index is 11.7. The third-order valence-electron chi connectivity index (χ3n) is 3.89. The summed E-state index contributed by atoms with van der Waals surface area (Å²) in [7, 11) is 0. The predicted octanol–water partition coefficient (Wildman–Crippen LogP) is 1.23. The Balaban J connectivity index is 1.68. The van der Waals surface area contributed by atoms with E-state index in [0.717, 1.165) is 25.9 Å². The molecule has 0 radical (unpaired) electrons. The van der Waals surface area contributed by atoms with Gasteiger partial charge in [0.15, 0.2) is 0 Å². The number of nitrogens with one attached hydrogen (secondary N) is 3. The quantitative estimate of drug-likeness (QED) is 0.676. The molecule has 3 N–H and O–H groups in total. The number of urea groups is 1. The Bertz CT molecular complexity index is 234. The molecule has 4 nitrogen and oxygen atoms in total. The minimum Gasteiger partial charge on any atom is -0.335 e. The smallest absolute Gasteiger partial charge is 0.315 e. The van der Waals surface area contributed by atoms with E-state index in [4.69, 9.17) is 0 Å². The highest BCUT2D eigenvalue weighted by atomic mass is 16.2. The van der Waals surface area contributed by atoms with Crippen molar-refractivity contribution in [3.63, 3.8) is 0 Å². The van der Waals surface area contributed by atoms with Gasteiger partial charge in [-0.15, -0.1) is 0 Å². The zero-order valence-corrected chi connectivity index (χ0v) is 10.1. The van der Waals surface area contributed by atoms with Gasteiger partial charge in [0.25, 0.3) is 0 Å². The van der Waals surface area contributed by atoms with Gasteiger partial charge in [0, 0.05) is 12.1 Å². The Kier molecular flexibility index (Phi) is 4.04. The number of hydrogen-bond donors (Lipinski definition) is 3. The van der Waals surface area contributed by atoms with Crippen LogP contribution in [0.5, 0.6) is 0 Å². The normalized spacial score (nSPS) is 24.6. The number of carbonyl (C=O) groups excluding carboxylic acids is 1. The topological polar surface area (TPSA) is 53.2 Å². The summed E-state index contributed by atoms with van der Waals surface area (Å²) in [5, 5.41) is 9.44. The zero-order valence-electron chi connectivity index (χ0n) is 10.1. The van der Waals surface area contributed by atoms with Crippen LogP contribution in [-0.4, -0.2) is 31.2 Å². The van der Waals surface area contributed by atoms with Gasteiger partial charge in [0.1, 0.15) is 0 Å². The molecule has 0 aromatic rings. The van der Waals surface area contributed by atoms with Gasteiger partial charge >= 0.3 is 6.03 Å². The lowest BCUT2D eigenvalue weighted by molar-refractivity contribution is 0.215. The lowest BCUT2D eigenvalue weighted by Crippen LogP contribution is -2.50. The fraction of sp³-hybridized carbons (Fsp3) is 0.917. The molecule has 2 amide bonds. The third kappa shape index (κ3) is 3.11. The summed E-state index contributed by atoms with van der Waals surface area (Å²) in [5.41, 5.74) is 0. The van der Waals surface area contributed by atoms with E-state index in [1.165, 1.54) is 19.3 Å². The van der Waals surface area contributed by atoms with Crippen LogP contribution in [0.25, 0.3) is 0 Å². The van der Waals surface area contributed by atoms with Crippen LogP contribution < -0.4 is 16.0 Å². The van der Waals surface area contributed by atoms with Crippen LogP contribution in [0.1, 0.15) is 39.0 Å². The van der Waals surface area contributed by atoms with Crippen molar-refractivity contribution in [2.24, 2.45) is 5.92 Å². The van der Waals surface area contributed by atoms with E-state index >= 15 is 0 Å². The van der Waals surface area contributed by atoms with Gasteiger partial charge in [-0.25, -0.2) is 4.79 Å². The van der Waals surface area contributed by atoms with E-state index < -0.39 is 0 Å². The molecule has 0 aromatic carbocycles. The molecule has 2 rings (SSSR count). The predicted molar refractivity (Wildman–Crippen MR) is 64.4 cm³/mol. The minimum absolute atomic E-state index is 0.0238. The van der Waals surface area contributed by atoms with Crippen LogP contribution in [-0.2, 0) is 0 Å². The summed E-state index contributed by atoms with van der Waals surface area (Å²) in [5.74, 6) is 0.633. The lowest BCUT2D eigenvalue weighted by atomic mass is 9.91. The highest BCUT2D eigenvalue weighted by Crippen LogP contribution is 2.18. The molecule has 16 heavy (non-hydrogen) atoms. The van der Waals surface area contributed by atoms with Crippen molar-refractivity contribution < 1.29 is 4.79 Å². The average molecular weight is 225 g/mol. The molecule has 1 aliphatic heterocycles. The number of amides is 2. The van der Waals surface area contributed by atoms with Crippen LogP contribution in [0.3, 0.4) is 0 Å². The first-order valence-electron chi connectivity index (χ1n) is 6.53. The summed E-state index contributed by atoms with van der Waals surface area (Å²) < 4.78 is 0. The molecular weight excluding hydrogens is 202 g/mol. The van der Waals surface area contributed by atoms with Crippen LogP contribution in [0.4, 0.5) is 4.79 Å². The summed E-state index contributed by atoms with van der Waals surface area (Å²) in [6.45, 7) is 4.29. The van der Waals surface area contributed by atoms with Crippen molar-refractivity contribution >= 4 is 6.03 Å². The van der Waals surface area contributed by atoms with Crippen molar-refractivity contribution in [3.8, 4) is 0 Å². The SMILES string of the molecule is CC(NC(=O)NC1CCC1)C1CCNCC1. The number of piperidine rings is 1. The molecule has 2 aliphatic rings. The standard InChI is InChI=1S/C12H23N3O/c1-9(10-5-7-13-8-6-10)14-12(16)15-11-3-2-4-11/h9-11,13H,2-8H2,1H3,(H2,14,15,16). The van der Waals surface area contributed by atoms with Gasteiger partial charge < -0.3 is 16.0 Å². The fourth-order valence-corrected chi connectivity index (χ4v) is 2.45. The first-order chi connectivity index (χ1) is 7.75. The Morgan fingerprint density at radius 1 is 1.25 bits per heavy atom. The second-order valence-corrected chi connectivity index (χ2v) is 5.12. The van der Waals surface area contributed by atoms with E-state index in [-0.39, 0.29) is 6.03 Å². The van der Waals surface area contributed by atoms with Gasteiger partial charge in [-0.1, -0.05) is 0 Å². The van der Waals surface area contributed by atoms with Crippen molar-refractivity contribution in [2.75, 3.05) is 13.1 Å². The summed E-state index contributed by atoms with van der Waals surface area (Å²) >= 11 is 0. The highest BCUT2D eigenvalue weighted by Gasteiger charge is 2.23. The van der Waals surface area contributed by atoms with E-state index in [2.05, 4.69) is 22.9 Å². The summed E-state index contributed by atoms with van der Waals surface area (Å²) in [6.07, 6.45) is 5.90. The molecule has 1 saturated carbocycles. The Labute approximate surface area is 97.6 Å². The van der Waals surface area contributed by atoms with E-state index in [1.807, 2.05) is 0 Å². The Morgan fingerprint density at radius 2 is 1.94 bits per heavy atom. The Morgan fingerprint density at radius 3 is 2.50 bits per heavy atom. The number of carbonyl (C=O) groups is 1. The van der Waals surface area contributed by atoms with E-state index in [0.29, 0.717) is 18.0 Å². The molecule has 1 unspecified atom stereocenters. The molecular formula is C12H23N3O. The number of hydrogen-bond acceptors (Lipinski definition) is 2. The van der Waals surface area contributed by atoms with Crippen molar-refractivity contribution in [1.82, 2.24) is 16.0 Å². The van der Waals surface area contributed by atoms with E-state index in [1.54, 1.807) is 0 Å². The van der Waals surface area contributed by atoms with Crippen LogP contribution in [0.15, 0.2) is 0 Å². The Hall–Kier alpha value is -0.770. The zero-order chi connectivity index (χ0) is 11.4. The molecule has 0 bridgehead atoms. The van der Waals surface area contributed by atoms with Gasteiger partial charge in [0.05, 0.1) is 0 Å². The van der Waals surface area contributed by atoms with Crippen LogP contribution in [0, 0.1) is 5.92 Å². The van der Waals surface area contributed by atoms with Crippen molar-refractivity contribution in [2.45, 2.75) is 51.1 Å². The minimum atomic E-state index is 0.0238. The average Bonchev–Trinajstić information content (AvgIpc) is 2.25. The molecule has 1 aliphatic carbocycles. The molecule has 0 aromatic heterocycles. The lowest BCUT2D eigenvalue weighted by Gasteiger charge is -2.31. The molecule has 2 fully saturated rings. The van der Waals surface area contributed by atoms with Crippen molar-refractivity contribution in [1.29, 1.82) is 0 Å². The summed E-state index contributed by atoms with van der Waals surface area (Å²) in [6, 6.07) is 0.748. The monoisotopic (exact) mass is 225 g/mol. The first kappa shape index (κ1) is 11.7. The second kappa shape index (κ2) is 5.53. The largest absolute Gasteiger partial charge is 0.335 e. The number of rotatable bonds is 3. The first-order valence-corrected chi connectivity index (χ1v) is 6.53. The molecule has 1 heterocycles. The van der Waals surface area contributed by atoms with Gasteiger partial charge in [-0.2, -0.15) is 0 Å². The molecule has 1 atom stereocenters. The maximum absolute atomic E-state index is 11.7. The van der Waals surface area contributed by atoms with Gasteiger partial charge in [0.2, 0.25) is 0 Å². The van der Waals surface area contributed by atoms with Crippen LogP contribution in [0.2, 0.25) is 0 Å². The second-order valence-electron chi connectivity index (χ2n) is 5.12. The van der Waals surface area contributed by atoms with Gasteiger partial charge in [-0.05, 0) is 58.0 Å². The van der Waals surface area contributed by atoms with E-state index in [9.17, 15) is 4.79 Å². The summed E-state index contributed by atoms with van der Waals surface area (Å²) in [4.78, 5) is 11.7. The molecule has 0 spiro atoms. The molecule has 1 saturated heterocycles. The van der Waals surface area contributed by atoms with Crippen LogP contribution >= 0.6 is 0 Å². The maximum Gasteiger partial charge on any atom is 0.315 e. The van der Waals surface area contributed by atoms with Gasteiger partial charge in [-0.3, -0.25) is 0 Å². The molecule has 4 heteroatoms. The highest BCUT2D eigenvalue weighted by molar-refractivity contribution is 5.74. The fourth-order valence-electron chi connectivity index (χ4n) is 2.45. The third-order valence-corrected chi connectivity index (χ3v) is 3.89.